The summed E-state index contributed by atoms with van der Waals surface area (Å²) in [5.41, 5.74) is 0.326. The van der Waals surface area contributed by atoms with E-state index in [1.807, 2.05) is 0 Å². The van der Waals surface area contributed by atoms with Gasteiger partial charge >= 0.3 is 11.9 Å². The van der Waals surface area contributed by atoms with Gasteiger partial charge < -0.3 is 14.4 Å². The third kappa shape index (κ3) is 3.28. The quantitative estimate of drug-likeness (QED) is 0.271. The highest BCUT2D eigenvalue weighted by Crippen LogP contribution is 2.31. The number of aromatic nitrogens is 2. The fraction of sp³-hybridized carbons (Fsp3) is 0.294. The van der Waals surface area contributed by atoms with Crippen molar-refractivity contribution in [3.8, 4) is 0 Å². The van der Waals surface area contributed by atoms with Gasteiger partial charge in [-0.3, -0.25) is 0 Å². The van der Waals surface area contributed by atoms with E-state index in [4.69, 9.17) is 11.6 Å². The van der Waals surface area contributed by atoms with E-state index in [1.54, 1.807) is 18.5 Å². The molecule has 0 bridgehead atoms. The van der Waals surface area contributed by atoms with Crippen molar-refractivity contribution in [2.24, 2.45) is 0 Å². The third-order valence-corrected chi connectivity index (χ3v) is 4.22. The van der Waals surface area contributed by atoms with Gasteiger partial charge in [0.15, 0.2) is 0 Å². The number of halogens is 1. The van der Waals surface area contributed by atoms with E-state index in [0.29, 0.717) is 10.7 Å². The Labute approximate surface area is 149 Å². The van der Waals surface area contributed by atoms with Crippen LogP contribution >= 0.6 is 11.6 Å². The fourth-order valence-corrected chi connectivity index (χ4v) is 2.75. The normalized spacial score (nSPS) is 13.2. The smallest absolute Gasteiger partial charge is 0.345 e. The van der Waals surface area contributed by atoms with Gasteiger partial charge in [-0.1, -0.05) is 11.6 Å². The Morgan fingerprint density at radius 2 is 1.80 bits per heavy atom. The van der Waals surface area contributed by atoms with Crippen LogP contribution in [-0.4, -0.2) is 49.2 Å². The Balaban J connectivity index is 2.18. The van der Waals surface area contributed by atoms with Crippen LogP contribution in [0, 0.1) is 0 Å². The van der Waals surface area contributed by atoms with E-state index in [9.17, 15) is 9.59 Å². The molecule has 0 N–H and O–H groups in total. The van der Waals surface area contributed by atoms with Gasteiger partial charge in [0.2, 0.25) is 0 Å². The van der Waals surface area contributed by atoms with E-state index in [-0.39, 0.29) is 5.57 Å². The molecule has 0 aliphatic carbocycles. The third-order valence-electron chi connectivity index (χ3n) is 4.01. The minimum atomic E-state index is -0.785. The number of anilines is 1. The average molecular weight is 362 g/mol. The zero-order chi connectivity index (χ0) is 18.0. The molecule has 0 amide bonds. The van der Waals surface area contributed by atoms with E-state index in [0.717, 1.165) is 36.1 Å². The SMILES string of the molecule is COC(=O)C(=Cc1cnc(N2CCC2)c2cnc(Cl)cc12)C(=O)OC. The summed E-state index contributed by atoms with van der Waals surface area (Å²) in [6, 6.07) is 1.68. The molecular formula is C17H16ClN3O4. The summed E-state index contributed by atoms with van der Waals surface area (Å²) >= 11 is 6.04. The largest absolute Gasteiger partial charge is 0.465 e. The number of pyridine rings is 2. The Hall–Kier alpha value is -2.67. The lowest BCUT2D eigenvalue weighted by Gasteiger charge is -2.33. The number of carbonyl (C=O) groups is 2. The zero-order valence-corrected chi connectivity index (χ0v) is 14.5. The standard InChI is InChI=1S/C17H16ClN3O4/c1-24-16(22)12(17(23)25-2)6-10-8-20-15(21-4-3-5-21)13-9-19-14(18)7-11(10)13/h6-9H,3-5H2,1-2H3. The highest BCUT2D eigenvalue weighted by atomic mass is 35.5. The minimum absolute atomic E-state index is 0.224. The van der Waals surface area contributed by atoms with Crippen LogP contribution in [0.5, 0.6) is 0 Å². The van der Waals surface area contributed by atoms with Crippen molar-refractivity contribution < 1.29 is 19.1 Å². The lowest BCUT2D eigenvalue weighted by Crippen LogP contribution is -2.37. The topological polar surface area (TPSA) is 81.6 Å². The van der Waals surface area contributed by atoms with Crippen molar-refractivity contribution in [2.45, 2.75) is 6.42 Å². The van der Waals surface area contributed by atoms with Crippen molar-refractivity contribution in [1.82, 2.24) is 9.97 Å². The van der Waals surface area contributed by atoms with Crippen molar-refractivity contribution >= 4 is 46.2 Å². The summed E-state index contributed by atoms with van der Waals surface area (Å²) in [5.74, 6) is -0.765. The molecule has 1 saturated heterocycles. The van der Waals surface area contributed by atoms with E-state index in [2.05, 4.69) is 24.3 Å². The summed E-state index contributed by atoms with van der Waals surface area (Å²) in [6.45, 7) is 1.85. The number of fused-ring (bicyclic) bond motifs is 1. The predicted octanol–water partition coefficient (Wildman–Crippen LogP) is 2.22. The van der Waals surface area contributed by atoms with Crippen LogP contribution in [0.3, 0.4) is 0 Å². The monoisotopic (exact) mass is 361 g/mol. The first-order valence-corrected chi connectivity index (χ1v) is 8.00. The van der Waals surface area contributed by atoms with Crippen LogP contribution in [0.2, 0.25) is 5.15 Å². The summed E-state index contributed by atoms with van der Waals surface area (Å²) in [4.78, 5) is 34.5. The number of rotatable bonds is 4. The lowest BCUT2D eigenvalue weighted by molar-refractivity contribution is -0.143. The van der Waals surface area contributed by atoms with Crippen LogP contribution in [0.15, 0.2) is 24.0 Å². The second-order valence-electron chi connectivity index (χ2n) is 5.47. The molecule has 1 fully saturated rings. The van der Waals surface area contributed by atoms with Gasteiger partial charge in [-0.15, -0.1) is 0 Å². The van der Waals surface area contributed by atoms with Crippen LogP contribution in [-0.2, 0) is 19.1 Å². The second-order valence-corrected chi connectivity index (χ2v) is 5.86. The van der Waals surface area contributed by atoms with Gasteiger partial charge in [0.05, 0.1) is 14.2 Å². The molecule has 0 atom stereocenters. The second kappa shape index (κ2) is 7.06. The summed E-state index contributed by atoms with van der Waals surface area (Å²) in [5, 5.41) is 1.84. The molecule has 1 aliphatic rings. The van der Waals surface area contributed by atoms with Crippen molar-refractivity contribution in [3.05, 3.63) is 34.7 Å². The first-order valence-electron chi connectivity index (χ1n) is 7.62. The van der Waals surface area contributed by atoms with Crippen LogP contribution in [0.1, 0.15) is 12.0 Å². The summed E-state index contributed by atoms with van der Waals surface area (Å²) < 4.78 is 9.31. The number of hydrogen-bond donors (Lipinski definition) is 0. The van der Waals surface area contributed by atoms with Gasteiger partial charge in [0, 0.05) is 36.4 Å². The van der Waals surface area contributed by atoms with Gasteiger partial charge in [0.25, 0.3) is 0 Å². The number of ether oxygens (including phenoxy) is 2. The van der Waals surface area contributed by atoms with Gasteiger partial charge in [-0.25, -0.2) is 19.6 Å². The summed E-state index contributed by atoms with van der Waals surface area (Å²) in [7, 11) is 2.40. The van der Waals surface area contributed by atoms with E-state index >= 15 is 0 Å². The van der Waals surface area contributed by atoms with Crippen molar-refractivity contribution in [1.29, 1.82) is 0 Å². The number of nitrogens with zero attached hydrogens (tertiary/aromatic N) is 3. The molecule has 3 heterocycles. The highest BCUT2D eigenvalue weighted by molar-refractivity contribution is 6.30. The molecular weight excluding hydrogens is 346 g/mol. The maximum absolute atomic E-state index is 11.9. The van der Waals surface area contributed by atoms with Gasteiger partial charge in [0.1, 0.15) is 16.5 Å². The molecule has 8 heteroatoms. The van der Waals surface area contributed by atoms with E-state index in [1.165, 1.54) is 20.3 Å². The molecule has 0 saturated carbocycles. The molecule has 7 nitrogen and oxygen atoms in total. The molecule has 1 aliphatic heterocycles. The molecule has 3 rings (SSSR count). The van der Waals surface area contributed by atoms with Gasteiger partial charge in [-0.2, -0.15) is 0 Å². The van der Waals surface area contributed by atoms with Gasteiger partial charge in [-0.05, 0) is 23.9 Å². The van der Waals surface area contributed by atoms with Crippen LogP contribution < -0.4 is 4.90 Å². The lowest BCUT2D eigenvalue weighted by atomic mass is 10.0. The molecule has 130 valence electrons. The Morgan fingerprint density at radius 3 is 2.36 bits per heavy atom. The van der Waals surface area contributed by atoms with E-state index < -0.39 is 11.9 Å². The average Bonchev–Trinajstić information content (AvgIpc) is 2.58. The predicted molar refractivity (Wildman–Crippen MR) is 93.4 cm³/mol. The first-order chi connectivity index (χ1) is 12.0. The minimum Gasteiger partial charge on any atom is -0.465 e. The van der Waals surface area contributed by atoms with Crippen LogP contribution in [0.25, 0.3) is 16.8 Å². The number of hydrogen-bond acceptors (Lipinski definition) is 7. The maximum Gasteiger partial charge on any atom is 0.345 e. The molecule has 2 aromatic rings. The Morgan fingerprint density at radius 1 is 1.12 bits per heavy atom. The zero-order valence-electron chi connectivity index (χ0n) is 13.8. The molecule has 0 spiro atoms. The van der Waals surface area contributed by atoms with Crippen molar-refractivity contribution in [2.75, 3.05) is 32.2 Å². The molecule has 0 unspecified atom stereocenters. The molecule has 0 radical (unpaired) electrons. The molecule has 2 aromatic heterocycles. The molecule has 25 heavy (non-hydrogen) atoms. The Bertz CT molecular complexity index is 860. The Kier molecular flexibility index (Phi) is 4.85. The highest BCUT2D eigenvalue weighted by Gasteiger charge is 2.22. The fourth-order valence-electron chi connectivity index (χ4n) is 2.59. The maximum atomic E-state index is 11.9. The number of methoxy groups -OCH3 is 2. The number of esters is 2. The first kappa shape index (κ1) is 17.2. The van der Waals surface area contributed by atoms with Crippen LogP contribution in [0.4, 0.5) is 5.82 Å². The molecule has 0 aromatic carbocycles. The summed E-state index contributed by atoms with van der Waals surface area (Å²) in [6.07, 6.45) is 5.74. The number of carbonyl (C=O) groups excluding carboxylic acids is 2. The van der Waals surface area contributed by atoms with Crippen molar-refractivity contribution in [3.63, 3.8) is 0 Å².